The Morgan fingerprint density at radius 3 is 1.14 bits per heavy atom. The summed E-state index contributed by atoms with van der Waals surface area (Å²) in [5.74, 6) is -0.241. The van der Waals surface area contributed by atoms with Crippen molar-refractivity contribution >= 4 is 23.7 Å². The van der Waals surface area contributed by atoms with E-state index < -0.39 is 0 Å². The summed E-state index contributed by atoms with van der Waals surface area (Å²) < 4.78 is 0. The van der Waals surface area contributed by atoms with Gasteiger partial charge in [0, 0.05) is 0 Å². The molecule has 0 aromatic heterocycles. The lowest BCUT2D eigenvalue weighted by atomic mass is 10.1. The predicted molar refractivity (Wildman–Crippen MR) is 90.1 cm³/mol. The van der Waals surface area contributed by atoms with E-state index in [-0.39, 0.29) is 11.6 Å². The summed E-state index contributed by atoms with van der Waals surface area (Å²) in [7, 11) is 0. The van der Waals surface area contributed by atoms with Crippen LogP contribution in [0.1, 0.15) is 11.1 Å². The van der Waals surface area contributed by atoms with E-state index in [9.17, 15) is 9.59 Å². The first-order valence-electron chi connectivity index (χ1n) is 6.96. The summed E-state index contributed by atoms with van der Waals surface area (Å²) in [6.07, 6.45) is 9.25. The molecule has 0 spiro atoms. The molecular formula is C20H16O2. The van der Waals surface area contributed by atoms with Crippen LogP contribution in [0.5, 0.6) is 0 Å². The number of carbonyl (C=O) groups is 2. The topological polar surface area (TPSA) is 34.1 Å². The second kappa shape index (κ2) is 8.32. The average molecular weight is 288 g/mol. The van der Waals surface area contributed by atoms with Crippen molar-refractivity contribution in [3.8, 4) is 0 Å². The van der Waals surface area contributed by atoms with Gasteiger partial charge in [-0.1, -0.05) is 72.8 Å². The fourth-order valence-corrected chi connectivity index (χ4v) is 1.76. The molecule has 0 saturated carbocycles. The highest BCUT2D eigenvalue weighted by Gasteiger charge is 1.97. The van der Waals surface area contributed by atoms with E-state index in [1.807, 2.05) is 36.4 Å². The molecule has 108 valence electrons. The first kappa shape index (κ1) is 15.4. The zero-order chi connectivity index (χ0) is 15.6. The molecule has 22 heavy (non-hydrogen) atoms. The zero-order valence-electron chi connectivity index (χ0n) is 12.1. The molecule has 0 bridgehead atoms. The maximum absolute atomic E-state index is 10.3. The number of rotatable bonds is 2. The number of carbonyl (C=O) groups excluding carboxylic acids is 2. The van der Waals surface area contributed by atoms with Gasteiger partial charge in [-0.2, -0.15) is 0 Å². The fraction of sp³-hybridized carbons (Fsp3) is 0. The van der Waals surface area contributed by atoms with Crippen LogP contribution in [0.2, 0.25) is 0 Å². The normalized spacial score (nSPS) is 13.1. The number of ketones is 2. The van der Waals surface area contributed by atoms with Crippen LogP contribution in [0.4, 0.5) is 0 Å². The van der Waals surface area contributed by atoms with E-state index in [1.54, 1.807) is 0 Å². The minimum Gasteiger partial charge on any atom is -0.290 e. The molecular weight excluding hydrogens is 272 g/mol. The van der Waals surface area contributed by atoms with Gasteiger partial charge in [0.15, 0.2) is 11.6 Å². The third kappa shape index (κ3) is 5.55. The number of allylic oxidation sites excluding steroid dienone is 4. The quantitative estimate of drug-likeness (QED) is 0.615. The van der Waals surface area contributed by atoms with E-state index in [2.05, 4.69) is 36.4 Å². The highest BCUT2D eigenvalue weighted by molar-refractivity contribution is 6.14. The molecule has 2 heteroatoms. The van der Waals surface area contributed by atoms with Gasteiger partial charge in [0.05, 0.1) is 0 Å². The Morgan fingerprint density at radius 2 is 0.818 bits per heavy atom. The Bertz CT molecular complexity index is 628. The molecule has 0 N–H and O–H groups in total. The molecule has 1 aliphatic rings. The van der Waals surface area contributed by atoms with Crippen LogP contribution in [0, 0.1) is 0 Å². The second-order valence-electron chi connectivity index (χ2n) is 4.63. The van der Waals surface area contributed by atoms with Gasteiger partial charge in [0.1, 0.15) is 0 Å². The van der Waals surface area contributed by atoms with E-state index in [0.29, 0.717) is 0 Å². The third-order valence-electron chi connectivity index (χ3n) is 2.89. The van der Waals surface area contributed by atoms with Gasteiger partial charge in [-0.25, -0.2) is 0 Å². The molecule has 0 aliphatic heterocycles. The molecule has 1 aliphatic carbocycles. The van der Waals surface area contributed by atoms with Gasteiger partial charge >= 0.3 is 0 Å². The average Bonchev–Trinajstić information content (AvgIpc) is 2.58. The van der Waals surface area contributed by atoms with Crippen molar-refractivity contribution in [1.29, 1.82) is 0 Å². The maximum atomic E-state index is 10.3. The number of hydrogen-bond donors (Lipinski definition) is 0. The van der Waals surface area contributed by atoms with Gasteiger partial charge < -0.3 is 0 Å². The first-order valence-corrected chi connectivity index (χ1v) is 6.96. The molecule has 2 nitrogen and oxygen atoms in total. The van der Waals surface area contributed by atoms with Crippen molar-refractivity contribution in [2.24, 2.45) is 0 Å². The van der Waals surface area contributed by atoms with E-state index in [4.69, 9.17) is 0 Å². The smallest absolute Gasteiger partial charge is 0.178 e. The summed E-state index contributed by atoms with van der Waals surface area (Å²) in [4.78, 5) is 20.6. The highest BCUT2D eigenvalue weighted by Crippen LogP contribution is 2.06. The Morgan fingerprint density at radius 1 is 0.500 bits per heavy atom. The van der Waals surface area contributed by atoms with Crippen molar-refractivity contribution in [3.63, 3.8) is 0 Å². The van der Waals surface area contributed by atoms with E-state index in [1.165, 1.54) is 35.4 Å². The zero-order valence-corrected chi connectivity index (χ0v) is 12.1. The molecule has 0 atom stereocenters. The summed E-state index contributed by atoms with van der Waals surface area (Å²) in [6.45, 7) is 0. The van der Waals surface area contributed by atoms with Crippen molar-refractivity contribution in [2.75, 3.05) is 0 Å². The van der Waals surface area contributed by atoms with Crippen LogP contribution >= 0.6 is 0 Å². The van der Waals surface area contributed by atoms with Crippen LogP contribution in [0.15, 0.2) is 85.0 Å². The molecule has 3 rings (SSSR count). The van der Waals surface area contributed by atoms with Crippen LogP contribution in [0.25, 0.3) is 12.2 Å². The summed E-state index contributed by atoms with van der Waals surface area (Å²) in [6, 6.07) is 20.6. The Labute approximate surface area is 130 Å². The second-order valence-corrected chi connectivity index (χ2v) is 4.63. The van der Waals surface area contributed by atoms with Crippen molar-refractivity contribution in [3.05, 3.63) is 96.1 Å². The molecule has 0 saturated heterocycles. The molecule has 0 fully saturated rings. The molecule has 2 aromatic rings. The molecule has 2 aromatic carbocycles. The van der Waals surface area contributed by atoms with E-state index in [0.717, 1.165) is 0 Å². The van der Waals surface area contributed by atoms with Gasteiger partial charge in [0.25, 0.3) is 0 Å². The van der Waals surface area contributed by atoms with Crippen LogP contribution < -0.4 is 0 Å². The molecule has 0 unspecified atom stereocenters. The minimum atomic E-state index is -0.121. The van der Waals surface area contributed by atoms with Crippen molar-refractivity contribution < 1.29 is 9.59 Å². The lowest BCUT2D eigenvalue weighted by Gasteiger charge is -1.92. The molecule has 0 heterocycles. The van der Waals surface area contributed by atoms with Gasteiger partial charge in [-0.15, -0.1) is 0 Å². The van der Waals surface area contributed by atoms with Crippen molar-refractivity contribution in [1.82, 2.24) is 0 Å². The van der Waals surface area contributed by atoms with Gasteiger partial charge in [-0.3, -0.25) is 9.59 Å². The summed E-state index contributed by atoms with van der Waals surface area (Å²) in [5, 5.41) is 0. The van der Waals surface area contributed by atoms with E-state index >= 15 is 0 Å². The van der Waals surface area contributed by atoms with Crippen LogP contribution in [-0.4, -0.2) is 11.6 Å². The third-order valence-corrected chi connectivity index (χ3v) is 2.89. The summed E-state index contributed by atoms with van der Waals surface area (Å²) >= 11 is 0. The highest BCUT2D eigenvalue weighted by atomic mass is 16.1. The summed E-state index contributed by atoms with van der Waals surface area (Å²) in [5.41, 5.74) is 2.47. The molecule has 0 amide bonds. The fourth-order valence-electron chi connectivity index (χ4n) is 1.76. The predicted octanol–water partition coefficient (Wildman–Crippen LogP) is 4.11. The molecule has 0 radical (unpaired) electrons. The van der Waals surface area contributed by atoms with Crippen LogP contribution in [0.3, 0.4) is 0 Å². The lowest BCUT2D eigenvalue weighted by molar-refractivity contribution is -0.113. The Balaban J connectivity index is 0.000000188. The monoisotopic (exact) mass is 288 g/mol. The van der Waals surface area contributed by atoms with Gasteiger partial charge in [0.2, 0.25) is 0 Å². The largest absolute Gasteiger partial charge is 0.290 e. The Hall–Kier alpha value is -3.00. The van der Waals surface area contributed by atoms with Crippen LogP contribution in [-0.2, 0) is 9.59 Å². The van der Waals surface area contributed by atoms with Crippen molar-refractivity contribution in [2.45, 2.75) is 0 Å². The maximum Gasteiger partial charge on any atom is 0.178 e. The Kier molecular flexibility index (Phi) is 5.82. The number of benzene rings is 2. The SMILES string of the molecule is C(=C\c1ccccc1)/c1ccccc1.O=C1C=CC(=O)C=C1. The minimum absolute atomic E-state index is 0.121. The number of hydrogen-bond acceptors (Lipinski definition) is 2. The first-order chi connectivity index (χ1) is 10.7. The van der Waals surface area contributed by atoms with Gasteiger partial charge in [-0.05, 0) is 35.4 Å². The lowest BCUT2D eigenvalue weighted by Crippen LogP contribution is -1.97. The standard InChI is InChI=1S/C14H12.C6H4O2/c1-3-7-13(8-4-1)11-12-14-9-5-2-6-10-14;7-5-1-2-6(8)4-3-5/h1-12H;1-4H/b12-11+;.